The number of hydrogen-bond acceptors (Lipinski definition) is 5. The smallest absolute Gasteiger partial charge is 0.416 e. The van der Waals surface area contributed by atoms with Gasteiger partial charge in [-0.25, -0.2) is 0 Å². The van der Waals surface area contributed by atoms with E-state index in [-0.39, 0.29) is 18.8 Å². The normalized spacial score (nSPS) is 16.4. The van der Waals surface area contributed by atoms with Crippen molar-refractivity contribution < 1.29 is 27.6 Å². The first kappa shape index (κ1) is 16.9. The Balaban J connectivity index is 1.72. The van der Waals surface area contributed by atoms with Crippen molar-refractivity contribution in [1.29, 1.82) is 0 Å². The molecule has 0 aromatic heterocycles. The van der Waals surface area contributed by atoms with Crippen molar-refractivity contribution in [3.05, 3.63) is 58.1 Å². The van der Waals surface area contributed by atoms with E-state index >= 15 is 0 Å². The molecule has 25 heavy (non-hydrogen) atoms. The van der Waals surface area contributed by atoms with Gasteiger partial charge in [0.05, 0.1) is 17.0 Å². The van der Waals surface area contributed by atoms with Gasteiger partial charge in [-0.2, -0.15) is 13.2 Å². The Hall–Kier alpha value is -2.97. The van der Waals surface area contributed by atoms with Gasteiger partial charge < -0.3 is 14.8 Å². The number of nitro groups is 1. The van der Waals surface area contributed by atoms with Crippen molar-refractivity contribution in [3.63, 3.8) is 0 Å². The van der Waals surface area contributed by atoms with Crippen LogP contribution in [0.2, 0.25) is 0 Å². The van der Waals surface area contributed by atoms with E-state index in [0.717, 1.165) is 12.1 Å². The van der Waals surface area contributed by atoms with Crippen LogP contribution in [0.5, 0.6) is 11.5 Å². The van der Waals surface area contributed by atoms with E-state index in [4.69, 9.17) is 9.47 Å². The van der Waals surface area contributed by atoms with Gasteiger partial charge in [-0.15, -0.1) is 0 Å². The number of anilines is 1. The zero-order chi connectivity index (χ0) is 18.0. The minimum atomic E-state index is -4.65. The van der Waals surface area contributed by atoms with Gasteiger partial charge in [0.2, 0.25) is 0 Å². The number of nitro benzene ring substituents is 1. The third-order valence-corrected chi connectivity index (χ3v) is 3.61. The fourth-order valence-electron chi connectivity index (χ4n) is 2.40. The van der Waals surface area contributed by atoms with Gasteiger partial charge in [-0.3, -0.25) is 10.1 Å². The van der Waals surface area contributed by atoms with Crippen LogP contribution >= 0.6 is 0 Å². The van der Waals surface area contributed by atoms with Crippen LogP contribution in [0.4, 0.5) is 24.5 Å². The van der Waals surface area contributed by atoms with Gasteiger partial charge in [-0.1, -0.05) is 12.1 Å². The summed E-state index contributed by atoms with van der Waals surface area (Å²) in [4.78, 5) is 10.2. The average Bonchev–Trinajstić information content (AvgIpc) is 2.58. The lowest BCUT2D eigenvalue weighted by molar-refractivity contribution is -0.384. The summed E-state index contributed by atoms with van der Waals surface area (Å²) in [5, 5.41) is 13.8. The number of halogens is 3. The monoisotopic (exact) mass is 354 g/mol. The molecule has 2 aromatic rings. The molecule has 2 aromatic carbocycles. The lowest BCUT2D eigenvalue weighted by Gasteiger charge is -2.26. The van der Waals surface area contributed by atoms with Crippen LogP contribution in [-0.4, -0.2) is 24.2 Å². The topological polar surface area (TPSA) is 73.6 Å². The molecule has 0 unspecified atom stereocenters. The second-order valence-electron chi connectivity index (χ2n) is 5.37. The molecule has 1 heterocycles. The largest absolute Gasteiger partial charge is 0.486 e. The second-order valence-corrected chi connectivity index (χ2v) is 5.37. The van der Waals surface area contributed by atoms with Crippen LogP contribution in [0.15, 0.2) is 42.5 Å². The molecule has 0 spiro atoms. The Labute approximate surface area is 140 Å². The van der Waals surface area contributed by atoms with Crippen molar-refractivity contribution in [2.75, 3.05) is 18.5 Å². The number of fused-ring (bicyclic) bond motifs is 1. The summed E-state index contributed by atoms with van der Waals surface area (Å²) in [5.41, 5.74) is -1.73. The lowest BCUT2D eigenvalue weighted by atomic mass is 10.1. The molecule has 1 aliphatic rings. The highest BCUT2D eigenvalue weighted by Crippen LogP contribution is 2.35. The number of nitrogens with zero attached hydrogens (tertiary/aromatic N) is 1. The fourth-order valence-corrected chi connectivity index (χ4v) is 2.40. The first-order valence-electron chi connectivity index (χ1n) is 7.32. The maximum atomic E-state index is 12.7. The Morgan fingerprint density at radius 1 is 1.20 bits per heavy atom. The molecule has 9 heteroatoms. The summed E-state index contributed by atoms with van der Waals surface area (Å²) >= 11 is 0. The SMILES string of the molecule is O=[N+]([O-])c1cc(C(F)(F)F)ccc1NC[C@@H]1COc2ccccc2O1. The van der Waals surface area contributed by atoms with Crippen molar-refractivity contribution in [2.24, 2.45) is 0 Å². The van der Waals surface area contributed by atoms with Crippen molar-refractivity contribution in [1.82, 2.24) is 0 Å². The van der Waals surface area contributed by atoms with Gasteiger partial charge >= 0.3 is 6.18 Å². The van der Waals surface area contributed by atoms with E-state index in [1.165, 1.54) is 0 Å². The van der Waals surface area contributed by atoms with Crippen molar-refractivity contribution in [3.8, 4) is 11.5 Å². The molecule has 0 saturated heterocycles. The van der Waals surface area contributed by atoms with E-state index < -0.39 is 28.5 Å². The summed E-state index contributed by atoms with van der Waals surface area (Å²) in [7, 11) is 0. The standard InChI is InChI=1S/C16H13F3N2O4/c17-16(18,19)10-5-6-12(13(7-10)21(22)23)20-8-11-9-24-14-3-1-2-4-15(14)25-11/h1-7,11,20H,8-9H2/t11-/m1/s1. The molecule has 1 N–H and O–H groups in total. The number of ether oxygens (including phenoxy) is 2. The van der Waals surface area contributed by atoms with Gasteiger partial charge in [0.25, 0.3) is 5.69 Å². The minimum absolute atomic E-state index is 0.0135. The van der Waals surface area contributed by atoms with Crippen molar-refractivity contribution >= 4 is 11.4 Å². The number of hydrogen-bond donors (Lipinski definition) is 1. The molecule has 0 fully saturated rings. The third kappa shape index (κ3) is 3.76. The molecule has 0 aliphatic carbocycles. The summed E-state index contributed by atoms with van der Waals surface area (Å²) < 4.78 is 49.3. The summed E-state index contributed by atoms with van der Waals surface area (Å²) in [6, 6.07) is 9.39. The minimum Gasteiger partial charge on any atom is -0.486 e. The number of nitrogens with one attached hydrogen (secondary N) is 1. The molecular formula is C16H13F3N2O4. The predicted octanol–water partition coefficient (Wildman–Crippen LogP) is 3.87. The van der Waals surface area contributed by atoms with Crippen LogP contribution in [-0.2, 0) is 6.18 Å². The molecule has 1 atom stereocenters. The van der Waals surface area contributed by atoms with E-state index in [9.17, 15) is 23.3 Å². The number of alkyl halides is 3. The van der Waals surface area contributed by atoms with Gasteiger partial charge in [0.1, 0.15) is 18.4 Å². The van der Waals surface area contributed by atoms with Crippen LogP contribution in [0.3, 0.4) is 0 Å². The van der Waals surface area contributed by atoms with Crippen LogP contribution < -0.4 is 14.8 Å². The van der Waals surface area contributed by atoms with Gasteiger partial charge in [0, 0.05) is 6.07 Å². The molecule has 0 radical (unpaired) electrons. The average molecular weight is 354 g/mol. The highest BCUT2D eigenvalue weighted by Gasteiger charge is 2.33. The quantitative estimate of drug-likeness (QED) is 0.667. The molecular weight excluding hydrogens is 341 g/mol. The number of para-hydroxylation sites is 2. The zero-order valence-corrected chi connectivity index (χ0v) is 12.7. The molecule has 0 bridgehead atoms. The molecule has 132 valence electrons. The molecule has 0 amide bonds. The Bertz CT molecular complexity index is 795. The molecule has 3 rings (SSSR count). The summed E-state index contributed by atoms with van der Waals surface area (Å²) in [6.45, 7) is 0.360. The van der Waals surface area contributed by atoms with E-state index in [1.807, 2.05) is 0 Å². The fraction of sp³-hybridized carbons (Fsp3) is 0.250. The van der Waals surface area contributed by atoms with Crippen LogP contribution in [0.25, 0.3) is 0 Å². The van der Waals surface area contributed by atoms with Gasteiger partial charge in [-0.05, 0) is 24.3 Å². The Morgan fingerprint density at radius 2 is 1.92 bits per heavy atom. The van der Waals surface area contributed by atoms with Crippen LogP contribution in [0, 0.1) is 10.1 Å². The van der Waals surface area contributed by atoms with E-state index in [0.29, 0.717) is 17.6 Å². The predicted molar refractivity (Wildman–Crippen MR) is 82.9 cm³/mol. The first-order valence-corrected chi connectivity index (χ1v) is 7.32. The number of benzene rings is 2. The number of rotatable bonds is 4. The van der Waals surface area contributed by atoms with Crippen molar-refractivity contribution in [2.45, 2.75) is 12.3 Å². The van der Waals surface area contributed by atoms with Crippen LogP contribution in [0.1, 0.15) is 5.56 Å². The second kappa shape index (κ2) is 6.50. The zero-order valence-electron chi connectivity index (χ0n) is 12.7. The Morgan fingerprint density at radius 3 is 2.60 bits per heavy atom. The molecule has 0 saturated carbocycles. The molecule has 6 nitrogen and oxygen atoms in total. The summed E-state index contributed by atoms with van der Waals surface area (Å²) in [6.07, 6.45) is -5.08. The van der Waals surface area contributed by atoms with E-state index in [2.05, 4.69) is 5.32 Å². The third-order valence-electron chi connectivity index (χ3n) is 3.61. The molecule has 1 aliphatic heterocycles. The lowest BCUT2D eigenvalue weighted by Crippen LogP contribution is -2.35. The summed E-state index contributed by atoms with van der Waals surface area (Å²) in [5.74, 6) is 1.14. The van der Waals surface area contributed by atoms with Gasteiger partial charge in [0.15, 0.2) is 11.5 Å². The highest BCUT2D eigenvalue weighted by molar-refractivity contribution is 5.63. The maximum absolute atomic E-state index is 12.7. The van der Waals surface area contributed by atoms with E-state index in [1.54, 1.807) is 24.3 Å². The Kier molecular flexibility index (Phi) is 4.39. The maximum Gasteiger partial charge on any atom is 0.416 e. The first-order chi connectivity index (χ1) is 11.8. The highest BCUT2D eigenvalue weighted by atomic mass is 19.4.